The maximum absolute atomic E-state index is 13.1. The number of nitrogens with one attached hydrogen (secondary N) is 2. The molecule has 0 saturated heterocycles. The van der Waals surface area contributed by atoms with Crippen LogP contribution in [-0.2, 0) is 16.1 Å². The molecule has 2 aromatic heterocycles. The Morgan fingerprint density at radius 3 is 2.73 bits per heavy atom. The number of esters is 1. The fourth-order valence-electron chi connectivity index (χ4n) is 4.06. The maximum Gasteiger partial charge on any atom is 0.335 e. The van der Waals surface area contributed by atoms with E-state index >= 15 is 0 Å². The lowest BCUT2D eigenvalue weighted by Gasteiger charge is -2.24. The van der Waals surface area contributed by atoms with Crippen LogP contribution in [0.1, 0.15) is 34.6 Å². The van der Waals surface area contributed by atoms with Gasteiger partial charge in [0.15, 0.2) is 17.0 Å². The Balaban J connectivity index is 1.39. The average molecular weight is 517 g/mol. The number of anilines is 2. The molecule has 0 fully saturated rings. The first-order chi connectivity index (χ1) is 18.1. The van der Waals surface area contributed by atoms with Gasteiger partial charge in [0.2, 0.25) is 0 Å². The summed E-state index contributed by atoms with van der Waals surface area (Å²) in [5, 5.41) is 10.7. The van der Waals surface area contributed by atoms with Crippen LogP contribution < -0.4 is 15.0 Å². The van der Waals surface area contributed by atoms with Crippen LogP contribution >= 0.6 is 11.8 Å². The summed E-state index contributed by atoms with van der Waals surface area (Å²) in [6.07, 6.45) is 3.53. The molecule has 0 radical (unpaired) electrons. The molecule has 1 aliphatic heterocycles. The highest BCUT2D eigenvalue weighted by Crippen LogP contribution is 2.39. The zero-order chi connectivity index (χ0) is 25.8. The Bertz CT molecular complexity index is 1430. The van der Waals surface area contributed by atoms with Crippen LogP contribution in [0, 0.1) is 0 Å². The molecule has 0 aliphatic carbocycles. The van der Waals surface area contributed by atoms with Gasteiger partial charge in [0.05, 0.1) is 18.8 Å². The number of ether oxygens (including phenoxy) is 2. The van der Waals surface area contributed by atoms with E-state index in [1.165, 1.54) is 11.8 Å². The summed E-state index contributed by atoms with van der Waals surface area (Å²) in [5.74, 6) is 1.33. The third kappa shape index (κ3) is 5.12. The van der Waals surface area contributed by atoms with E-state index in [4.69, 9.17) is 9.47 Å². The van der Waals surface area contributed by atoms with E-state index in [1.807, 2.05) is 41.5 Å². The number of nitrogens with zero attached hydrogens (tertiary/aromatic N) is 4. The summed E-state index contributed by atoms with van der Waals surface area (Å²) in [6.45, 7) is 2.28. The topological polar surface area (TPSA) is 122 Å². The minimum absolute atomic E-state index is 0.234. The number of carbonyl (C=O) groups excluding carboxylic acids is 2. The summed E-state index contributed by atoms with van der Waals surface area (Å²) >= 11 is 1.41. The summed E-state index contributed by atoms with van der Waals surface area (Å²) < 4.78 is 11.2. The van der Waals surface area contributed by atoms with Gasteiger partial charge in [-0.3, -0.25) is 9.89 Å². The predicted octanol–water partition coefficient (Wildman–Crippen LogP) is 4.59. The Kier molecular flexibility index (Phi) is 7.04. The van der Waals surface area contributed by atoms with Gasteiger partial charge in [0, 0.05) is 17.3 Å². The lowest BCUT2D eigenvalue weighted by Crippen LogP contribution is -2.31. The van der Waals surface area contributed by atoms with Crippen molar-refractivity contribution in [2.75, 3.05) is 23.1 Å². The second-order valence-electron chi connectivity index (χ2n) is 8.05. The van der Waals surface area contributed by atoms with Gasteiger partial charge in [-0.2, -0.15) is 5.10 Å². The van der Waals surface area contributed by atoms with Crippen molar-refractivity contribution < 1.29 is 19.1 Å². The van der Waals surface area contributed by atoms with E-state index in [-0.39, 0.29) is 12.5 Å². The largest absolute Gasteiger partial charge is 0.464 e. The number of fused-ring (bicyclic) bond motifs is 1. The molecule has 3 heterocycles. The van der Waals surface area contributed by atoms with Gasteiger partial charge in [0.25, 0.3) is 5.91 Å². The Morgan fingerprint density at radius 1 is 1.14 bits per heavy atom. The first-order valence-corrected chi connectivity index (χ1v) is 12.8. The molecular formula is C26H24N6O4S. The monoisotopic (exact) mass is 516 g/mol. The van der Waals surface area contributed by atoms with E-state index in [1.54, 1.807) is 43.5 Å². The van der Waals surface area contributed by atoms with Crippen molar-refractivity contribution in [2.45, 2.75) is 24.7 Å². The standard InChI is InChI=1S/C26H24N6O4S/c1-3-35-25(34)22-21-19(15-32(22)20-12-13-27-26(28-20)37-2)23(31-30-21)29-24(33)16-8-7-11-18(14-16)36-17-9-5-4-6-10-17/h4-14,22H,3,15H2,1-2H3,(H2,29,30,31,33). The highest BCUT2D eigenvalue weighted by Gasteiger charge is 2.41. The molecule has 1 unspecified atom stereocenters. The Hall–Kier alpha value is -4.38. The number of thioether (sulfide) groups is 1. The van der Waals surface area contributed by atoms with Gasteiger partial charge in [-0.15, -0.1) is 0 Å². The van der Waals surface area contributed by atoms with E-state index in [0.29, 0.717) is 51.7 Å². The molecule has 2 aromatic carbocycles. The first kappa shape index (κ1) is 24.3. The van der Waals surface area contributed by atoms with Gasteiger partial charge < -0.3 is 19.7 Å². The molecular weight excluding hydrogens is 492 g/mol. The molecule has 11 heteroatoms. The lowest BCUT2D eigenvalue weighted by molar-refractivity contribution is -0.144. The van der Waals surface area contributed by atoms with Gasteiger partial charge in [0.1, 0.15) is 17.3 Å². The molecule has 5 rings (SSSR count). The number of carbonyl (C=O) groups is 2. The van der Waals surface area contributed by atoms with Gasteiger partial charge in [-0.25, -0.2) is 14.8 Å². The fraction of sp³-hybridized carbons (Fsp3) is 0.192. The number of aromatic nitrogens is 4. The van der Waals surface area contributed by atoms with E-state index in [9.17, 15) is 9.59 Å². The van der Waals surface area contributed by atoms with Gasteiger partial charge >= 0.3 is 5.97 Å². The third-order valence-corrected chi connectivity index (χ3v) is 6.29. The van der Waals surface area contributed by atoms with Crippen LogP contribution in [0.2, 0.25) is 0 Å². The summed E-state index contributed by atoms with van der Waals surface area (Å²) in [7, 11) is 0. The van der Waals surface area contributed by atoms with Crippen LogP contribution in [0.3, 0.4) is 0 Å². The van der Waals surface area contributed by atoms with Crippen molar-refractivity contribution in [1.29, 1.82) is 0 Å². The van der Waals surface area contributed by atoms with Crippen molar-refractivity contribution in [1.82, 2.24) is 20.2 Å². The number of hydrogen-bond donors (Lipinski definition) is 2. The van der Waals surface area contributed by atoms with E-state index in [2.05, 4.69) is 25.5 Å². The van der Waals surface area contributed by atoms with Crippen molar-refractivity contribution >= 4 is 35.3 Å². The van der Waals surface area contributed by atoms with Crippen LogP contribution in [0.5, 0.6) is 11.5 Å². The quantitative estimate of drug-likeness (QED) is 0.197. The third-order valence-electron chi connectivity index (χ3n) is 5.73. The smallest absolute Gasteiger partial charge is 0.335 e. The summed E-state index contributed by atoms with van der Waals surface area (Å²) in [5.41, 5.74) is 1.65. The number of hydrogen-bond acceptors (Lipinski definition) is 9. The average Bonchev–Trinajstić information content (AvgIpc) is 3.49. The summed E-state index contributed by atoms with van der Waals surface area (Å²) in [6, 6.07) is 17.2. The first-order valence-electron chi connectivity index (χ1n) is 11.6. The Morgan fingerprint density at radius 2 is 1.95 bits per heavy atom. The van der Waals surface area contributed by atoms with Crippen LogP contribution in [0.25, 0.3) is 0 Å². The number of H-pyrrole nitrogens is 1. The number of benzene rings is 2. The van der Waals surface area contributed by atoms with Crippen LogP contribution in [0.4, 0.5) is 11.6 Å². The van der Waals surface area contributed by atoms with E-state index < -0.39 is 12.0 Å². The molecule has 10 nitrogen and oxygen atoms in total. The second-order valence-corrected chi connectivity index (χ2v) is 8.82. The van der Waals surface area contributed by atoms with E-state index in [0.717, 1.165) is 0 Å². The van der Waals surface area contributed by atoms with Crippen LogP contribution in [-0.4, -0.2) is 44.9 Å². The highest BCUT2D eigenvalue weighted by molar-refractivity contribution is 7.98. The molecule has 1 aliphatic rings. The molecule has 37 heavy (non-hydrogen) atoms. The van der Waals surface area contributed by atoms with Crippen molar-refractivity contribution in [3.63, 3.8) is 0 Å². The Labute approximate surface area is 217 Å². The molecule has 0 spiro atoms. The van der Waals surface area contributed by atoms with Crippen molar-refractivity contribution in [3.8, 4) is 11.5 Å². The fourth-order valence-corrected chi connectivity index (χ4v) is 4.41. The predicted molar refractivity (Wildman–Crippen MR) is 139 cm³/mol. The van der Waals surface area contributed by atoms with Crippen molar-refractivity contribution in [3.05, 3.63) is 83.7 Å². The zero-order valence-electron chi connectivity index (χ0n) is 20.2. The maximum atomic E-state index is 13.1. The number of para-hydroxylation sites is 1. The molecule has 1 atom stereocenters. The summed E-state index contributed by atoms with van der Waals surface area (Å²) in [4.78, 5) is 36.6. The molecule has 188 valence electrons. The van der Waals surface area contributed by atoms with Gasteiger partial charge in [-0.1, -0.05) is 36.0 Å². The number of amides is 1. The SMILES string of the molecule is CCOC(=O)C1c2[nH]nc(NC(=O)c3cccc(Oc4ccccc4)c3)c2CN1c1ccnc(SC)n1. The normalized spacial score (nSPS) is 14.2. The number of rotatable bonds is 8. The molecule has 0 saturated carbocycles. The van der Waals surface area contributed by atoms with Gasteiger partial charge in [-0.05, 0) is 49.6 Å². The zero-order valence-corrected chi connectivity index (χ0v) is 21.0. The highest BCUT2D eigenvalue weighted by atomic mass is 32.2. The minimum atomic E-state index is -0.777. The lowest BCUT2D eigenvalue weighted by atomic mass is 10.1. The van der Waals surface area contributed by atoms with Crippen molar-refractivity contribution in [2.24, 2.45) is 0 Å². The molecule has 4 aromatic rings. The molecule has 0 bridgehead atoms. The molecule has 1 amide bonds. The second kappa shape index (κ2) is 10.7. The minimum Gasteiger partial charge on any atom is -0.464 e. The van der Waals surface area contributed by atoms with Crippen LogP contribution in [0.15, 0.2) is 72.0 Å². The number of aromatic amines is 1. The molecule has 2 N–H and O–H groups in total.